The molecule has 1 fully saturated rings. The number of nitrogens with zero attached hydrogens (tertiary/aromatic N) is 1. The van der Waals surface area contributed by atoms with Crippen molar-refractivity contribution in [1.29, 1.82) is 0 Å². The number of aliphatic hydroxyl groups excluding tert-OH is 1. The second kappa shape index (κ2) is 6.56. The average molecular weight is 421 g/mol. The first-order valence-corrected chi connectivity index (χ1v) is 10.9. The predicted molar refractivity (Wildman–Crippen MR) is 114 cm³/mol. The van der Waals surface area contributed by atoms with Crippen LogP contribution in [-0.4, -0.2) is 52.7 Å². The second-order valence-corrected chi connectivity index (χ2v) is 9.34. The molecule has 4 aliphatic rings. The van der Waals surface area contributed by atoms with Crippen molar-refractivity contribution in [2.45, 2.75) is 55.6 Å². The lowest BCUT2D eigenvalue weighted by Crippen LogP contribution is -2.76. The average Bonchev–Trinajstić information content (AvgIpc) is 3.13. The first-order chi connectivity index (χ1) is 15.0. The molecule has 2 aromatic rings. The summed E-state index contributed by atoms with van der Waals surface area (Å²) in [6.45, 7) is 3.46. The number of rotatable bonds is 4. The van der Waals surface area contributed by atoms with E-state index >= 15 is 0 Å². The van der Waals surface area contributed by atoms with Gasteiger partial charge in [-0.3, -0.25) is 4.90 Å². The van der Waals surface area contributed by atoms with Crippen LogP contribution in [0.25, 0.3) is 0 Å². The van der Waals surface area contributed by atoms with Crippen molar-refractivity contribution < 1.29 is 24.7 Å². The van der Waals surface area contributed by atoms with Gasteiger partial charge in [0.15, 0.2) is 5.75 Å². The highest BCUT2D eigenvalue weighted by atomic mass is 17.1. The Balaban J connectivity index is 1.56. The number of likely N-dealkylation sites (N-methyl/N-ethyl adjacent to an activating group) is 1. The highest BCUT2D eigenvalue weighted by molar-refractivity contribution is 5.64. The largest absolute Gasteiger partial charge is 0.482 e. The smallest absolute Gasteiger partial charge is 0.207 e. The summed E-state index contributed by atoms with van der Waals surface area (Å²) in [6, 6.07) is 12.2. The van der Waals surface area contributed by atoms with Gasteiger partial charge in [0.25, 0.3) is 0 Å². The molecule has 2 N–H and O–H groups in total. The molecule has 0 amide bonds. The molecule has 6 rings (SSSR count). The Morgan fingerprint density at radius 3 is 2.87 bits per heavy atom. The van der Waals surface area contributed by atoms with Crippen molar-refractivity contribution in [2.24, 2.45) is 0 Å². The van der Waals surface area contributed by atoms with Crippen LogP contribution in [0.1, 0.15) is 28.7 Å². The Kier molecular flexibility index (Phi) is 4.09. The van der Waals surface area contributed by atoms with Crippen LogP contribution >= 0.6 is 0 Å². The maximum absolute atomic E-state index is 11.0. The molecule has 6 heteroatoms. The quantitative estimate of drug-likeness (QED) is 0.449. The Labute approximate surface area is 181 Å². The highest BCUT2D eigenvalue weighted by Crippen LogP contribution is 2.65. The van der Waals surface area contributed by atoms with Crippen molar-refractivity contribution in [3.63, 3.8) is 0 Å². The lowest BCUT2D eigenvalue weighted by atomic mass is 9.50. The van der Waals surface area contributed by atoms with Gasteiger partial charge < -0.3 is 19.5 Å². The fourth-order valence-corrected chi connectivity index (χ4v) is 6.56. The van der Waals surface area contributed by atoms with E-state index in [0.29, 0.717) is 18.1 Å². The van der Waals surface area contributed by atoms with Crippen LogP contribution in [0.15, 0.2) is 48.6 Å². The first kappa shape index (κ1) is 19.3. The van der Waals surface area contributed by atoms with E-state index in [-0.39, 0.29) is 6.04 Å². The molecule has 1 saturated heterocycles. The van der Waals surface area contributed by atoms with Crippen molar-refractivity contribution in [3.8, 4) is 11.5 Å². The standard InChI is InChI=1S/C25H27NO5/c1-15-5-3-4-6-17(15)14-29-25-10-9-18(27)23-24(25)11-12-26(2)20(25)13-16-7-8-19(31-28)22(30-23)21(16)24/h3-10,18,20,23,27-28H,11-14H2,1-2H3/t18-,20+,23-,24-,25+/m0/s1. The summed E-state index contributed by atoms with van der Waals surface area (Å²) in [6.07, 6.45) is 4.25. The maximum Gasteiger partial charge on any atom is 0.207 e. The zero-order chi connectivity index (χ0) is 21.4. The molecule has 2 aliphatic heterocycles. The van der Waals surface area contributed by atoms with Gasteiger partial charge in [-0.2, -0.15) is 0 Å². The van der Waals surface area contributed by atoms with E-state index in [4.69, 9.17) is 9.47 Å². The number of likely N-dealkylation sites (tertiary alicyclic amines) is 1. The molecule has 2 bridgehead atoms. The molecule has 162 valence electrons. The minimum Gasteiger partial charge on any atom is -0.482 e. The number of hydrogen-bond donors (Lipinski definition) is 2. The predicted octanol–water partition coefficient (Wildman–Crippen LogP) is 2.99. The molecule has 0 unspecified atom stereocenters. The molecular formula is C25H27NO5. The fraction of sp³-hybridized carbons (Fsp3) is 0.440. The van der Waals surface area contributed by atoms with E-state index in [1.54, 1.807) is 6.07 Å². The van der Waals surface area contributed by atoms with E-state index in [1.165, 1.54) is 11.1 Å². The lowest BCUT2D eigenvalue weighted by molar-refractivity contribution is -0.187. The molecule has 2 aromatic carbocycles. The van der Waals surface area contributed by atoms with Gasteiger partial charge in [-0.1, -0.05) is 42.5 Å². The zero-order valence-corrected chi connectivity index (χ0v) is 17.7. The molecule has 1 spiro atoms. The number of aryl methyl sites for hydroxylation is 1. The molecule has 31 heavy (non-hydrogen) atoms. The Morgan fingerprint density at radius 1 is 1.23 bits per heavy atom. The van der Waals surface area contributed by atoms with E-state index < -0.39 is 23.2 Å². The number of aliphatic hydroxyl groups is 1. The van der Waals surface area contributed by atoms with E-state index in [9.17, 15) is 10.4 Å². The fourth-order valence-electron chi connectivity index (χ4n) is 6.56. The van der Waals surface area contributed by atoms with Crippen LogP contribution in [0.2, 0.25) is 0 Å². The normalized spacial score (nSPS) is 34.9. The number of ether oxygens (including phenoxy) is 2. The van der Waals surface area contributed by atoms with Crippen LogP contribution in [0, 0.1) is 6.92 Å². The summed E-state index contributed by atoms with van der Waals surface area (Å²) in [5.41, 5.74) is 3.36. The summed E-state index contributed by atoms with van der Waals surface area (Å²) in [5, 5.41) is 20.5. The molecule has 6 nitrogen and oxygen atoms in total. The molecule has 0 saturated carbocycles. The van der Waals surface area contributed by atoms with Crippen LogP contribution in [0.4, 0.5) is 0 Å². The topological polar surface area (TPSA) is 71.4 Å². The third-order valence-electron chi connectivity index (χ3n) is 8.06. The summed E-state index contributed by atoms with van der Waals surface area (Å²) in [4.78, 5) is 7.04. The summed E-state index contributed by atoms with van der Waals surface area (Å²) < 4.78 is 13.3. The molecule has 2 aliphatic carbocycles. The van der Waals surface area contributed by atoms with Gasteiger partial charge >= 0.3 is 0 Å². The summed E-state index contributed by atoms with van der Waals surface area (Å²) in [5.74, 6) is 0.833. The zero-order valence-electron chi connectivity index (χ0n) is 17.7. The molecule has 5 atom stereocenters. The molecule has 2 heterocycles. The van der Waals surface area contributed by atoms with Crippen LogP contribution < -0.4 is 9.62 Å². The molecule has 0 aromatic heterocycles. The Bertz CT molecular complexity index is 1080. The van der Waals surface area contributed by atoms with Crippen LogP contribution in [0.3, 0.4) is 0 Å². The SMILES string of the molecule is Cc1ccccc1CO[C@@]12C=C[C@H](O)[C@@H]3Oc4c(OO)ccc5c4[C@@]31CCN(C)[C@@H]2C5. The summed E-state index contributed by atoms with van der Waals surface area (Å²) >= 11 is 0. The second-order valence-electron chi connectivity index (χ2n) is 9.34. The van der Waals surface area contributed by atoms with Gasteiger partial charge in [-0.05, 0) is 56.1 Å². The van der Waals surface area contributed by atoms with Crippen LogP contribution in [-0.2, 0) is 23.2 Å². The lowest BCUT2D eigenvalue weighted by Gasteiger charge is -2.63. The van der Waals surface area contributed by atoms with Gasteiger partial charge in [0.05, 0.1) is 12.0 Å². The van der Waals surface area contributed by atoms with Crippen molar-refractivity contribution in [2.75, 3.05) is 13.6 Å². The summed E-state index contributed by atoms with van der Waals surface area (Å²) in [7, 11) is 2.15. The minimum atomic E-state index is -0.760. The van der Waals surface area contributed by atoms with Crippen molar-refractivity contribution >= 4 is 0 Å². The van der Waals surface area contributed by atoms with Gasteiger partial charge in [-0.15, -0.1) is 0 Å². The third-order valence-corrected chi connectivity index (χ3v) is 8.06. The van der Waals surface area contributed by atoms with Gasteiger partial charge in [-0.25, -0.2) is 5.26 Å². The maximum atomic E-state index is 11.0. The third kappa shape index (κ3) is 2.31. The first-order valence-electron chi connectivity index (χ1n) is 10.9. The number of benzene rings is 2. The van der Waals surface area contributed by atoms with Gasteiger partial charge in [0, 0.05) is 11.6 Å². The molecular weight excluding hydrogens is 394 g/mol. The van der Waals surface area contributed by atoms with Crippen LogP contribution in [0.5, 0.6) is 11.5 Å². The van der Waals surface area contributed by atoms with Crippen molar-refractivity contribution in [1.82, 2.24) is 4.90 Å². The number of piperidine rings is 1. The van der Waals surface area contributed by atoms with E-state index in [1.807, 2.05) is 24.3 Å². The van der Waals surface area contributed by atoms with Crippen molar-refractivity contribution in [3.05, 3.63) is 70.8 Å². The van der Waals surface area contributed by atoms with E-state index in [2.05, 4.69) is 42.0 Å². The Morgan fingerprint density at radius 2 is 2.06 bits per heavy atom. The highest BCUT2D eigenvalue weighted by Gasteiger charge is 2.72. The number of hydrogen-bond acceptors (Lipinski definition) is 6. The minimum absolute atomic E-state index is 0.111. The molecule has 0 radical (unpaired) electrons. The van der Waals surface area contributed by atoms with Gasteiger partial charge in [0.1, 0.15) is 17.8 Å². The van der Waals surface area contributed by atoms with E-state index in [0.717, 1.165) is 30.5 Å². The Hall–Kier alpha value is -2.38. The van der Waals surface area contributed by atoms with Gasteiger partial charge in [0.2, 0.25) is 5.75 Å². The monoisotopic (exact) mass is 421 g/mol.